The Hall–Kier alpha value is -1.72. The quantitative estimate of drug-likeness (QED) is 0.733. The molecule has 0 aromatic carbocycles. The summed E-state index contributed by atoms with van der Waals surface area (Å²) in [4.78, 5) is 24.9. The smallest absolute Gasteiger partial charge is 0.429 e. The largest absolute Gasteiger partial charge is 0.448 e. The number of ether oxygens (including phenoxy) is 2. The van der Waals surface area contributed by atoms with Crippen molar-refractivity contribution in [2.45, 2.75) is 47.1 Å². The van der Waals surface area contributed by atoms with Gasteiger partial charge in [-0.15, -0.1) is 0 Å². The van der Waals surface area contributed by atoms with Crippen LogP contribution in [0.1, 0.15) is 41.5 Å². The van der Waals surface area contributed by atoms with Crippen LogP contribution < -0.4 is 0 Å². The topological polar surface area (TPSA) is 59.1 Å². The first-order chi connectivity index (χ1) is 10.8. The molecule has 1 spiro atoms. The van der Waals surface area contributed by atoms with Crippen LogP contribution in [0.5, 0.6) is 0 Å². The molecule has 1 aliphatic heterocycles. The molecule has 2 aliphatic carbocycles. The lowest BCUT2D eigenvalue weighted by Gasteiger charge is -2.34. The fourth-order valence-electron chi connectivity index (χ4n) is 5.25. The molecule has 1 saturated carbocycles. The summed E-state index contributed by atoms with van der Waals surface area (Å²) in [5.41, 5.74) is 2.20. The van der Waals surface area contributed by atoms with Crippen LogP contribution in [0.25, 0.3) is 0 Å². The van der Waals surface area contributed by atoms with E-state index in [2.05, 4.69) is 27.7 Å². The molecule has 2 amide bonds. The Balaban J connectivity index is 2.00. The van der Waals surface area contributed by atoms with Crippen LogP contribution in [-0.4, -0.2) is 47.5 Å². The Kier molecular flexibility index (Phi) is 3.43. The number of carbonyl (C=O) groups is 2. The van der Waals surface area contributed by atoms with Crippen LogP contribution in [0.15, 0.2) is 11.1 Å². The van der Waals surface area contributed by atoms with Crippen molar-refractivity contribution in [1.29, 1.82) is 0 Å². The lowest BCUT2D eigenvalue weighted by Crippen LogP contribution is -2.52. The predicted octanol–water partition coefficient (Wildman–Crippen LogP) is 3.19. The second-order valence-corrected chi connectivity index (χ2v) is 6.98. The number of hydrogen-bond donors (Lipinski definition) is 0. The van der Waals surface area contributed by atoms with E-state index in [1.807, 2.05) is 0 Å². The third kappa shape index (κ3) is 1.64. The van der Waals surface area contributed by atoms with E-state index in [1.54, 1.807) is 13.8 Å². The van der Waals surface area contributed by atoms with Gasteiger partial charge in [0.05, 0.1) is 25.3 Å². The molecule has 3 rings (SSSR count). The molecule has 3 aliphatic rings. The summed E-state index contributed by atoms with van der Waals surface area (Å²) in [6.07, 6.45) is -0.941. The van der Waals surface area contributed by atoms with Crippen LogP contribution in [0.2, 0.25) is 0 Å². The molecule has 0 aromatic rings. The van der Waals surface area contributed by atoms with Gasteiger partial charge in [0.25, 0.3) is 0 Å². The first kappa shape index (κ1) is 16.1. The Labute approximate surface area is 137 Å². The molecular weight excluding hydrogens is 296 g/mol. The zero-order valence-electron chi connectivity index (χ0n) is 14.8. The zero-order valence-corrected chi connectivity index (χ0v) is 14.8. The van der Waals surface area contributed by atoms with Gasteiger partial charge in [-0.2, -0.15) is 0 Å². The van der Waals surface area contributed by atoms with E-state index in [0.29, 0.717) is 18.4 Å². The number of rotatable bonds is 2. The van der Waals surface area contributed by atoms with Crippen molar-refractivity contribution in [2.75, 3.05) is 19.8 Å². The van der Waals surface area contributed by atoms with Gasteiger partial charge in [-0.3, -0.25) is 0 Å². The molecule has 4 unspecified atom stereocenters. The van der Waals surface area contributed by atoms with E-state index >= 15 is 0 Å². The number of hydrazine groups is 1. The minimum absolute atomic E-state index is 0.110. The zero-order chi connectivity index (χ0) is 17.2. The van der Waals surface area contributed by atoms with E-state index < -0.39 is 17.7 Å². The molecule has 0 radical (unpaired) electrons. The van der Waals surface area contributed by atoms with Crippen molar-refractivity contribution in [1.82, 2.24) is 10.0 Å². The van der Waals surface area contributed by atoms with Crippen LogP contribution in [0, 0.1) is 17.3 Å². The van der Waals surface area contributed by atoms with Crippen LogP contribution in [0.3, 0.4) is 0 Å². The molecule has 23 heavy (non-hydrogen) atoms. The summed E-state index contributed by atoms with van der Waals surface area (Å²) in [7, 11) is 0. The van der Waals surface area contributed by atoms with Crippen molar-refractivity contribution in [3.8, 4) is 0 Å². The molecule has 1 heterocycles. The van der Waals surface area contributed by atoms with Gasteiger partial charge >= 0.3 is 12.2 Å². The Morgan fingerprint density at radius 2 is 1.70 bits per heavy atom. The average molecular weight is 322 g/mol. The van der Waals surface area contributed by atoms with E-state index in [4.69, 9.17) is 9.47 Å². The highest BCUT2D eigenvalue weighted by Gasteiger charge is 2.87. The van der Waals surface area contributed by atoms with Crippen LogP contribution in [-0.2, 0) is 9.47 Å². The van der Waals surface area contributed by atoms with Crippen molar-refractivity contribution >= 4 is 12.2 Å². The highest BCUT2D eigenvalue weighted by molar-refractivity contribution is 5.79. The van der Waals surface area contributed by atoms with Gasteiger partial charge in [0.1, 0.15) is 0 Å². The molecule has 0 N–H and O–H groups in total. The summed E-state index contributed by atoms with van der Waals surface area (Å²) >= 11 is 0. The minimum atomic E-state index is -0.475. The van der Waals surface area contributed by atoms with Gasteiger partial charge in [0.2, 0.25) is 0 Å². The summed E-state index contributed by atoms with van der Waals surface area (Å²) in [5.74, 6) is 0.619. The van der Waals surface area contributed by atoms with E-state index in [-0.39, 0.29) is 18.6 Å². The fourth-order valence-corrected chi connectivity index (χ4v) is 5.25. The maximum Gasteiger partial charge on any atom is 0.429 e. The number of amides is 2. The van der Waals surface area contributed by atoms with Crippen molar-refractivity contribution in [3.05, 3.63) is 11.1 Å². The fraction of sp³-hybridized carbons (Fsp3) is 0.765. The maximum absolute atomic E-state index is 12.6. The number of hydrogen-bond acceptors (Lipinski definition) is 4. The molecule has 4 atom stereocenters. The van der Waals surface area contributed by atoms with Gasteiger partial charge < -0.3 is 9.47 Å². The standard InChI is InChI=1S/C17H26N2O4/c1-7-22-14(20)18-9-17-12(5)10(3)11(4)13(17)16(17,6)19(18)15(21)23-8-2/h12-13H,7-9H2,1-6H3. The van der Waals surface area contributed by atoms with Crippen LogP contribution >= 0.6 is 0 Å². The summed E-state index contributed by atoms with van der Waals surface area (Å²) < 4.78 is 10.4. The van der Waals surface area contributed by atoms with Gasteiger partial charge in [-0.05, 0) is 40.5 Å². The SMILES string of the molecule is CCOC(=O)N1CC23C(C)C(C)=C(C)C2C3(C)N1C(=O)OCC. The summed E-state index contributed by atoms with van der Waals surface area (Å²) in [6, 6.07) is 0. The predicted molar refractivity (Wildman–Crippen MR) is 84.5 cm³/mol. The minimum Gasteiger partial charge on any atom is -0.448 e. The highest BCUT2D eigenvalue weighted by atomic mass is 16.6. The molecule has 6 nitrogen and oxygen atoms in total. The first-order valence-electron chi connectivity index (χ1n) is 8.37. The second kappa shape index (κ2) is 4.89. The monoisotopic (exact) mass is 322 g/mol. The van der Waals surface area contributed by atoms with E-state index in [0.717, 1.165) is 0 Å². The molecule has 0 aromatic heterocycles. The Morgan fingerprint density at radius 3 is 2.26 bits per heavy atom. The van der Waals surface area contributed by atoms with E-state index in [1.165, 1.54) is 21.2 Å². The average Bonchev–Trinajstić information content (AvgIpc) is 2.81. The number of allylic oxidation sites excluding steroid dienone is 1. The van der Waals surface area contributed by atoms with E-state index in [9.17, 15) is 9.59 Å². The normalized spacial score (nSPS) is 37.7. The molecule has 6 heteroatoms. The molecule has 1 saturated heterocycles. The van der Waals surface area contributed by atoms with Crippen LogP contribution in [0.4, 0.5) is 9.59 Å². The maximum atomic E-state index is 12.6. The Morgan fingerprint density at radius 1 is 1.13 bits per heavy atom. The van der Waals surface area contributed by atoms with Gasteiger partial charge in [0, 0.05) is 11.3 Å². The number of nitrogens with zero attached hydrogens (tertiary/aromatic N) is 2. The van der Waals surface area contributed by atoms with Gasteiger partial charge in [0.15, 0.2) is 0 Å². The lowest BCUT2D eigenvalue weighted by molar-refractivity contribution is -0.0267. The van der Waals surface area contributed by atoms with Crippen molar-refractivity contribution in [2.24, 2.45) is 17.3 Å². The first-order valence-corrected chi connectivity index (χ1v) is 8.37. The molecule has 2 fully saturated rings. The molecular formula is C17H26N2O4. The Bertz CT molecular complexity index is 601. The van der Waals surface area contributed by atoms with Crippen molar-refractivity contribution in [3.63, 3.8) is 0 Å². The second-order valence-electron chi connectivity index (χ2n) is 6.98. The van der Waals surface area contributed by atoms with Gasteiger partial charge in [-0.25, -0.2) is 19.6 Å². The lowest BCUT2D eigenvalue weighted by atomic mass is 9.84. The van der Waals surface area contributed by atoms with Gasteiger partial charge in [-0.1, -0.05) is 18.1 Å². The number of fused-ring (bicyclic) bond motifs is 1. The summed E-state index contributed by atoms with van der Waals surface area (Å²) in [5, 5.41) is 2.96. The number of carbonyl (C=O) groups excluding carboxylic acids is 2. The highest BCUT2D eigenvalue weighted by Crippen LogP contribution is 2.79. The molecule has 0 bridgehead atoms. The third-order valence-corrected chi connectivity index (χ3v) is 6.43. The summed E-state index contributed by atoms with van der Waals surface area (Å²) in [6.45, 7) is 13.2. The molecule has 128 valence electrons. The van der Waals surface area contributed by atoms with Crippen molar-refractivity contribution < 1.29 is 19.1 Å². The third-order valence-electron chi connectivity index (χ3n) is 6.43.